The van der Waals surface area contributed by atoms with Crippen molar-refractivity contribution in [2.24, 2.45) is 0 Å². The van der Waals surface area contributed by atoms with E-state index in [-0.39, 0.29) is 0 Å². The Balaban J connectivity index is 2.07. The monoisotopic (exact) mass is 372 g/mol. The molecule has 6 nitrogen and oxygen atoms in total. The van der Waals surface area contributed by atoms with Crippen LogP contribution in [0.4, 0.5) is 11.4 Å². The molecule has 3 rings (SSSR count). The van der Waals surface area contributed by atoms with E-state index in [0.717, 1.165) is 22.7 Å². The molecule has 2 aromatic carbocycles. The van der Waals surface area contributed by atoms with Crippen LogP contribution in [0.2, 0.25) is 0 Å². The third-order valence-electron chi connectivity index (χ3n) is 4.32. The summed E-state index contributed by atoms with van der Waals surface area (Å²) in [6, 6.07) is 13.7. The van der Waals surface area contributed by atoms with Gasteiger partial charge >= 0.3 is 0 Å². The van der Waals surface area contributed by atoms with Crippen molar-refractivity contribution in [3.63, 3.8) is 0 Å². The zero-order valence-corrected chi connectivity index (χ0v) is 15.4. The molecule has 1 heterocycles. The number of anilines is 2. The maximum atomic E-state index is 12.8. The minimum atomic E-state index is -4.16. The van der Waals surface area contributed by atoms with Crippen molar-refractivity contribution in [3.8, 4) is 0 Å². The van der Waals surface area contributed by atoms with E-state index < -0.39 is 26.6 Å². The van der Waals surface area contributed by atoms with Crippen LogP contribution in [0.15, 0.2) is 53.4 Å². The molecule has 1 aliphatic rings. The topological polar surface area (TPSA) is 86.7 Å². The van der Waals surface area contributed by atoms with Crippen molar-refractivity contribution in [1.29, 1.82) is 0 Å². The van der Waals surface area contributed by atoms with E-state index in [0.29, 0.717) is 16.9 Å². The number of carbonyl (C=O) groups excluding carboxylic acids is 1. The molecule has 0 saturated carbocycles. The van der Waals surface area contributed by atoms with Crippen molar-refractivity contribution in [3.05, 3.63) is 64.6 Å². The average Bonchev–Trinajstić information content (AvgIpc) is 2.62. The van der Waals surface area contributed by atoms with Gasteiger partial charge in [-0.25, -0.2) is 8.42 Å². The maximum Gasteiger partial charge on any atom is 0.273 e. The van der Waals surface area contributed by atoms with Gasteiger partial charge in [-0.3, -0.25) is 9.10 Å². The molecule has 136 valence electrons. The quantitative estimate of drug-likeness (QED) is 0.862. The lowest BCUT2D eigenvalue weighted by Crippen LogP contribution is -2.37. The first kappa shape index (κ1) is 18.0. The van der Waals surface area contributed by atoms with E-state index in [2.05, 4.69) is 5.32 Å². The van der Waals surface area contributed by atoms with Crippen LogP contribution >= 0.6 is 0 Å². The number of nitrogens with zero attached hydrogens (tertiary/aromatic N) is 1. The summed E-state index contributed by atoms with van der Waals surface area (Å²) in [5.41, 5.74) is 2.08. The molecule has 0 radical (unpaired) electrons. The number of para-hydroxylation sites is 2. The largest absolute Gasteiger partial charge is 0.506 e. The first-order valence-corrected chi connectivity index (χ1v) is 9.72. The fraction of sp³-hybridized carbons (Fsp3) is 0.211. The third kappa shape index (κ3) is 2.94. The molecule has 0 atom stereocenters. The lowest BCUT2D eigenvalue weighted by Gasteiger charge is -2.28. The Labute approximate surface area is 152 Å². The molecule has 0 unspecified atom stereocenters. The highest BCUT2D eigenvalue weighted by Gasteiger charge is 2.39. The minimum Gasteiger partial charge on any atom is -0.506 e. The second-order valence-corrected chi connectivity index (χ2v) is 7.93. The molecule has 2 aromatic rings. The number of hydrogen-bond acceptors (Lipinski definition) is 4. The van der Waals surface area contributed by atoms with Gasteiger partial charge in [0.05, 0.1) is 5.69 Å². The lowest BCUT2D eigenvalue weighted by molar-refractivity contribution is -0.112. The van der Waals surface area contributed by atoms with Gasteiger partial charge in [0.1, 0.15) is 0 Å². The summed E-state index contributed by atoms with van der Waals surface area (Å²) in [6.07, 6.45) is 1.63. The zero-order valence-electron chi connectivity index (χ0n) is 14.6. The second-order valence-electron chi connectivity index (χ2n) is 6.03. The Bertz CT molecular complexity index is 996. The van der Waals surface area contributed by atoms with E-state index in [4.69, 9.17) is 0 Å². The number of nitrogens with one attached hydrogen (secondary N) is 1. The number of aliphatic hydroxyl groups excluding tert-OH is 1. The van der Waals surface area contributed by atoms with Gasteiger partial charge in [-0.1, -0.05) is 43.7 Å². The first-order chi connectivity index (χ1) is 12.4. The van der Waals surface area contributed by atoms with E-state index in [9.17, 15) is 18.3 Å². The molecule has 2 N–H and O–H groups in total. The van der Waals surface area contributed by atoms with Crippen LogP contribution in [-0.4, -0.2) is 26.5 Å². The number of aryl methyl sites for hydroxylation is 1. The number of sulfonamides is 1. The maximum absolute atomic E-state index is 12.8. The van der Waals surface area contributed by atoms with Crippen LogP contribution in [0.5, 0.6) is 0 Å². The Morgan fingerprint density at radius 2 is 1.77 bits per heavy atom. The summed E-state index contributed by atoms with van der Waals surface area (Å²) in [6.45, 7) is 2.02. The highest BCUT2D eigenvalue weighted by atomic mass is 32.2. The first-order valence-electron chi connectivity index (χ1n) is 8.28. The number of rotatable bonds is 4. The van der Waals surface area contributed by atoms with Gasteiger partial charge in [-0.05, 0) is 30.2 Å². The van der Waals surface area contributed by atoms with Crippen molar-refractivity contribution in [2.45, 2.75) is 19.8 Å². The number of carbonyl (C=O) groups is 1. The molecule has 1 aliphatic heterocycles. The normalized spacial score (nSPS) is 15.5. The van der Waals surface area contributed by atoms with Crippen LogP contribution in [0, 0.1) is 0 Å². The van der Waals surface area contributed by atoms with Gasteiger partial charge in [0, 0.05) is 18.3 Å². The molecule has 0 aliphatic carbocycles. The summed E-state index contributed by atoms with van der Waals surface area (Å²) in [5, 5.41) is 13.1. The molecule has 0 spiro atoms. The number of fused-ring (bicyclic) bond motifs is 1. The summed E-state index contributed by atoms with van der Waals surface area (Å²) in [4.78, 5) is 12.1. The number of hydrogen-bond donors (Lipinski definition) is 2. The third-order valence-corrected chi connectivity index (χ3v) is 6.14. The van der Waals surface area contributed by atoms with Crippen molar-refractivity contribution >= 4 is 33.1 Å². The standard InChI is InChI=1S/C19H20N2O4S/c1-3-8-13-9-4-6-11-15(13)20-19(23)18-17(22)14-10-5-7-12-16(14)21(2)26(18,24)25/h4-7,9-12,22H,3,8H2,1-2H3,(H,20,23). The van der Waals surface area contributed by atoms with Crippen LogP contribution in [-0.2, 0) is 21.2 Å². The van der Waals surface area contributed by atoms with E-state index in [1.54, 1.807) is 36.4 Å². The predicted molar refractivity (Wildman–Crippen MR) is 102 cm³/mol. The second kappa shape index (κ2) is 6.84. The molecular weight excluding hydrogens is 352 g/mol. The number of benzene rings is 2. The fourth-order valence-corrected chi connectivity index (χ4v) is 4.32. The summed E-state index contributed by atoms with van der Waals surface area (Å²) >= 11 is 0. The molecule has 26 heavy (non-hydrogen) atoms. The SMILES string of the molecule is CCCc1ccccc1NC(=O)C1=C(O)c2ccccc2N(C)S1(=O)=O. The highest BCUT2D eigenvalue weighted by molar-refractivity contribution is 7.97. The minimum absolute atomic E-state index is 0.303. The molecule has 1 amide bonds. The van der Waals surface area contributed by atoms with Gasteiger partial charge in [-0.15, -0.1) is 0 Å². The van der Waals surface area contributed by atoms with Gasteiger partial charge in [0.25, 0.3) is 15.9 Å². The number of amides is 1. The van der Waals surface area contributed by atoms with Crippen LogP contribution < -0.4 is 9.62 Å². The zero-order chi connectivity index (χ0) is 18.9. The molecule has 0 fully saturated rings. The highest BCUT2D eigenvalue weighted by Crippen LogP contribution is 2.37. The predicted octanol–water partition coefficient (Wildman–Crippen LogP) is 3.28. The van der Waals surface area contributed by atoms with E-state index in [1.807, 2.05) is 19.1 Å². The molecule has 0 bridgehead atoms. The average molecular weight is 372 g/mol. The molecule has 7 heteroatoms. The van der Waals surface area contributed by atoms with Gasteiger partial charge in [-0.2, -0.15) is 0 Å². The number of aliphatic hydroxyl groups is 1. The Hall–Kier alpha value is -2.80. The van der Waals surface area contributed by atoms with Gasteiger partial charge < -0.3 is 10.4 Å². The van der Waals surface area contributed by atoms with Gasteiger partial charge in [0.2, 0.25) is 0 Å². The van der Waals surface area contributed by atoms with Crippen LogP contribution in [0.25, 0.3) is 5.76 Å². The fourth-order valence-electron chi connectivity index (χ4n) is 2.99. The molecular formula is C19H20N2O4S. The Morgan fingerprint density at radius 1 is 1.12 bits per heavy atom. The lowest BCUT2D eigenvalue weighted by atomic mass is 10.1. The van der Waals surface area contributed by atoms with Crippen molar-refractivity contribution in [2.75, 3.05) is 16.7 Å². The summed E-state index contributed by atoms with van der Waals surface area (Å²) < 4.78 is 26.6. The smallest absolute Gasteiger partial charge is 0.273 e. The summed E-state index contributed by atoms with van der Waals surface area (Å²) in [7, 11) is -2.80. The van der Waals surface area contributed by atoms with Gasteiger partial charge in [0.15, 0.2) is 10.7 Å². The summed E-state index contributed by atoms with van der Waals surface area (Å²) in [5.74, 6) is -1.39. The van der Waals surface area contributed by atoms with E-state index >= 15 is 0 Å². The molecule has 0 saturated heterocycles. The van der Waals surface area contributed by atoms with E-state index in [1.165, 1.54) is 7.05 Å². The van der Waals surface area contributed by atoms with Crippen LogP contribution in [0.1, 0.15) is 24.5 Å². The van der Waals surface area contributed by atoms with Crippen molar-refractivity contribution < 1.29 is 18.3 Å². The molecule has 0 aromatic heterocycles. The Morgan fingerprint density at radius 3 is 2.50 bits per heavy atom. The Kier molecular flexibility index (Phi) is 4.73. The van der Waals surface area contributed by atoms with Crippen molar-refractivity contribution in [1.82, 2.24) is 0 Å². The van der Waals surface area contributed by atoms with Crippen LogP contribution in [0.3, 0.4) is 0 Å².